The Hall–Kier alpha value is -2.38. The van der Waals surface area contributed by atoms with Crippen molar-refractivity contribution in [3.8, 4) is 0 Å². The number of aromatic nitrogens is 4. The second-order valence-electron chi connectivity index (χ2n) is 11.0. The Labute approximate surface area is 187 Å². The van der Waals surface area contributed by atoms with Crippen LogP contribution in [0.5, 0.6) is 0 Å². The van der Waals surface area contributed by atoms with Crippen LogP contribution in [0, 0.1) is 23.2 Å². The van der Waals surface area contributed by atoms with Gasteiger partial charge in [0.1, 0.15) is 0 Å². The number of Topliss-reactive ketones (excluding diaryl/α,β-unsaturated/α-hetero) is 1. The first-order chi connectivity index (χ1) is 15.4. The third-order valence-corrected chi connectivity index (χ3v) is 8.90. The van der Waals surface area contributed by atoms with E-state index in [0.29, 0.717) is 34.9 Å². The van der Waals surface area contributed by atoms with Crippen molar-refractivity contribution in [2.45, 2.75) is 64.3 Å². The van der Waals surface area contributed by atoms with Crippen LogP contribution < -0.4 is 16.1 Å². The van der Waals surface area contributed by atoms with Crippen molar-refractivity contribution in [3.05, 3.63) is 20.8 Å². The van der Waals surface area contributed by atoms with Gasteiger partial charge in [0.15, 0.2) is 16.9 Å². The maximum Gasteiger partial charge on any atom is 0.332 e. The molecule has 0 amide bonds. The van der Waals surface area contributed by atoms with E-state index in [4.69, 9.17) is 4.98 Å². The van der Waals surface area contributed by atoms with Gasteiger partial charge < -0.3 is 4.90 Å². The second kappa shape index (κ2) is 7.06. The molecule has 1 aliphatic heterocycles. The molecular weight excluding hydrogens is 406 g/mol. The number of carbonyl (C=O) groups excluding carboxylic acids is 1. The number of aryl methyl sites for hydroxylation is 1. The first kappa shape index (κ1) is 20.2. The Morgan fingerprint density at radius 1 is 0.938 bits per heavy atom. The molecule has 172 valence electrons. The van der Waals surface area contributed by atoms with Gasteiger partial charge in [-0.15, -0.1) is 0 Å². The second-order valence-corrected chi connectivity index (χ2v) is 11.0. The number of anilines is 1. The van der Waals surface area contributed by atoms with Crippen molar-refractivity contribution in [2.75, 3.05) is 18.0 Å². The molecule has 4 aliphatic carbocycles. The van der Waals surface area contributed by atoms with Gasteiger partial charge in [-0.05, 0) is 75.5 Å². The van der Waals surface area contributed by atoms with E-state index >= 15 is 0 Å². The zero-order valence-electron chi connectivity index (χ0n) is 19.2. The number of imidazole rings is 1. The topological polar surface area (TPSA) is 82.1 Å². The van der Waals surface area contributed by atoms with Crippen LogP contribution in [-0.2, 0) is 25.4 Å². The lowest BCUT2D eigenvalue weighted by atomic mass is 9.48. The number of piperidine rings is 1. The molecule has 4 saturated carbocycles. The predicted molar refractivity (Wildman–Crippen MR) is 122 cm³/mol. The Morgan fingerprint density at radius 2 is 1.53 bits per heavy atom. The third-order valence-electron chi connectivity index (χ3n) is 8.90. The Balaban J connectivity index is 1.46. The summed E-state index contributed by atoms with van der Waals surface area (Å²) in [5.74, 6) is 3.03. The lowest BCUT2D eigenvalue weighted by molar-refractivity contribution is -0.144. The number of hydrogen-bond donors (Lipinski definition) is 0. The predicted octanol–water partition coefficient (Wildman–Crippen LogP) is 2.21. The molecule has 7 rings (SSSR count). The first-order valence-electron chi connectivity index (χ1n) is 12.3. The average Bonchev–Trinajstić information content (AvgIpc) is 3.15. The molecule has 5 aliphatic rings. The average molecular weight is 440 g/mol. The van der Waals surface area contributed by atoms with Gasteiger partial charge in [-0.25, -0.2) is 4.79 Å². The number of fused-ring (bicyclic) bond motifs is 1. The van der Waals surface area contributed by atoms with Gasteiger partial charge in [0.25, 0.3) is 5.56 Å². The highest BCUT2D eigenvalue weighted by Crippen LogP contribution is 2.60. The maximum absolute atomic E-state index is 13.9. The van der Waals surface area contributed by atoms with Crippen molar-refractivity contribution in [2.24, 2.45) is 37.3 Å². The molecule has 2 aromatic heterocycles. The van der Waals surface area contributed by atoms with Gasteiger partial charge in [-0.1, -0.05) is 0 Å². The maximum atomic E-state index is 13.9. The summed E-state index contributed by atoms with van der Waals surface area (Å²) < 4.78 is 4.43. The number of carbonyl (C=O) groups is 1. The quantitative estimate of drug-likeness (QED) is 0.730. The summed E-state index contributed by atoms with van der Waals surface area (Å²) in [6, 6.07) is 0. The van der Waals surface area contributed by atoms with Gasteiger partial charge in [-0.3, -0.25) is 23.3 Å². The summed E-state index contributed by atoms with van der Waals surface area (Å²) in [5.41, 5.74) is -0.205. The van der Waals surface area contributed by atoms with Crippen LogP contribution >= 0.6 is 0 Å². The van der Waals surface area contributed by atoms with Crippen molar-refractivity contribution in [1.82, 2.24) is 18.7 Å². The lowest BCUT2D eigenvalue weighted by Crippen LogP contribution is -2.51. The standard InChI is InChI=1S/C24H33N5O3/c1-26-20-19(21(31)27(2)23(26)32)29(22(25-20)28-6-4-3-5-7-28)14-18(30)24-11-15-8-16(12-24)10-17(9-15)13-24/h15-17H,3-14H2,1-2H3. The smallest absolute Gasteiger partial charge is 0.332 e. The minimum atomic E-state index is -0.384. The lowest BCUT2D eigenvalue weighted by Gasteiger charge is -2.56. The van der Waals surface area contributed by atoms with Crippen molar-refractivity contribution < 1.29 is 4.79 Å². The van der Waals surface area contributed by atoms with E-state index in [9.17, 15) is 14.4 Å². The fraction of sp³-hybridized carbons (Fsp3) is 0.750. The Kier molecular flexibility index (Phi) is 4.46. The van der Waals surface area contributed by atoms with Crippen molar-refractivity contribution in [1.29, 1.82) is 0 Å². The van der Waals surface area contributed by atoms with Crippen LogP contribution in [0.4, 0.5) is 5.95 Å². The Bertz CT molecular complexity index is 1180. The SMILES string of the molecule is Cn1c(=O)c2c(nc(N3CCCCC3)n2CC(=O)C23CC4CC(CC(C4)C2)C3)n(C)c1=O. The molecule has 4 bridgehead atoms. The van der Waals surface area contributed by atoms with E-state index in [1.54, 1.807) is 7.05 Å². The van der Waals surface area contributed by atoms with Gasteiger partial charge in [0.05, 0.1) is 6.54 Å². The summed E-state index contributed by atoms with van der Waals surface area (Å²) in [6.45, 7) is 1.91. The molecule has 32 heavy (non-hydrogen) atoms. The van der Waals surface area contributed by atoms with Crippen LogP contribution in [0.3, 0.4) is 0 Å². The fourth-order valence-electron chi connectivity index (χ4n) is 7.68. The summed E-state index contributed by atoms with van der Waals surface area (Å²) >= 11 is 0. The van der Waals surface area contributed by atoms with E-state index < -0.39 is 0 Å². The molecule has 8 heteroatoms. The van der Waals surface area contributed by atoms with Crippen LogP contribution in [0.15, 0.2) is 9.59 Å². The van der Waals surface area contributed by atoms with Crippen LogP contribution in [0.1, 0.15) is 57.8 Å². The summed E-state index contributed by atoms with van der Waals surface area (Å²) in [4.78, 5) is 46.7. The molecule has 5 fully saturated rings. The van der Waals surface area contributed by atoms with E-state index in [2.05, 4.69) is 4.90 Å². The fourth-order valence-corrected chi connectivity index (χ4v) is 7.68. The Morgan fingerprint density at radius 3 is 2.12 bits per heavy atom. The van der Waals surface area contributed by atoms with Gasteiger partial charge in [0.2, 0.25) is 5.95 Å². The molecule has 0 unspecified atom stereocenters. The van der Waals surface area contributed by atoms with Crippen LogP contribution in [0.25, 0.3) is 11.2 Å². The van der Waals surface area contributed by atoms with E-state index in [1.807, 2.05) is 4.57 Å². The van der Waals surface area contributed by atoms with Crippen LogP contribution in [-0.4, -0.2) is 37.6 Å². The highest BCUT2D eigenvalue weighted by atomic mass is 16.2. The minimum Gasteiger partial charge on any atom is -0.342 e. The monoisotopic (exact) mass is 439 g/mol. The molecule has 3 heterocycles. The zero-order chi connectivity index (χ0) is 22.2. The normalized spacial score (nSPS) is 31.6. The molecule has 0 radical (unpaired) electrons. The molecule has 0 aromatic carbocycles. The third kappa shape index (κ3) is 2.87. The molecule has 2 aromatic rings. The number of nitrogens with zero attached hydrogens (tertiary/aromatic N) is 5. The number of rotatable bonds is 4. The molecule has 0 N–H and O–H groups in total. The minimum absolute atomic E-state index is 0.182. The van der Waals surface area contributed by atoms with E-state index in [-0.39, 0.29) is 29.0 Å². The molecule has 1 saturated heterocycles. The van der Waals surface area contributed by atoms with Gasteiger partial charge >= 0.3 is 5.69 Å². The van der Waals surface area contributed by atoms with Gasteiger partial charge in [-0.2, -0.15) is 4.98 Å². The first-order valence-corrected chi connectivity index (χ1v) is 12.3. The molecular formula is C24H33N5O3. The summed E-state index contributed by atoms with van der Waals surface area (Å²) in [5, 5.41) is 0. The highest BCUT2D eigenvalue weighted by molar-refractivity contribution is 5.87. The van der Waals surface area contributed by atoms with Crippen LogP contribution in [0.2, 0.25) is 0 Å². The largest absolute Gasteiger partial charge is 0.342 e. The summed E-state index contributed by atoms with van der Waals surface area (Å²) in [7, 11) is 3.16. The zero-order valence-corrected chi connectivity index (χ0v) is 19.2. The molecule has 8 nitrogen and oxygen atoms in total. The van der Waals surface area contributed by atoms with Gasteiger partial charge in [0, 0.05) is 32.6 Å². The van der Waals surface area contributed by atoms with E-state index in [0.717, 1.165) is 49.8 Å². The molecule has 0 atom stereocenters. The summed E-state index contributed by atoms with van der Waals surface area (Å²) in [6.07, 6.45) is 10.3. The van der Waals surface area contributed by atoms with Crippen molar-refractivity contribution >= 4 is 22.9 Å². The van der Waals surface area contributed by atoms with Crippen molar-refractivity contribution in [3.63, 3.8) is 0 Å². The number of ketones is 1. The highest BCUT2D eigenvalue weighted by Gasteiger charge is 2.54. The van der Waals surface area contributed by atoms with E-state index in [1.165, 1.54) is 37.3 Å². The molecule has 0 spiro atoms. The number of hydrogen-bond acceptors (Lipinski definition) is 5.